The van der Waals surface area contributed by atoms with Crippen LogP contribution in [0.2, 0.25) is 0 Å². The Balaban J connectivity index is 2.11. The zero-order valence-corrected chi connectivity index (χ0v) is 16.1. The minimum absolute atomic E-state index is 0.0887. The molecule has 0 unspecified atom stereocenters. The van der Waals surface area contributed by atoms with Crippen LogP contribution in [0.1, 0.15) is 20.7 Å². The Hall–Kier alpha value is -2.78. The summed E-state index contributed by atoms with van der Waals surface area (Å²) >= 11 is 0. The highest BCUT2D eigenvalue weighted by atomic mass is 35.7. The zero-order valence-electron chi connectivity index (χ0n) is 14.5. The van der Waals surface area contributed by atoms with Crippen LogP contribution in [0.3, 0.4) is 0 Å². The molecule has 27 heavy (non-hydrogen) atoms. The average Bonchev–Trinajstić information content (AvgIpc) is 2.89. The fourth-order valence-electron chi connectivity index (χ4n) is 2.80. The van der Waals surface area contributed by atoms with Gasteiger partial charge in [-0.05, 0) is 24.3 Å². The number of rotatable bonds is 5. The molecule has 0 bridgehead atoms. The monoisotopic (exact) mass is 411 g/mol. The summed E-state index contributed by atoms with van der Waals surface area (Å²) in [5.41, 5.74) is 0.427. The van der Waals surface area contributed by atoms with Crippen LogP contribution in [-0.4, -0.2) is 41.6 Å². The molecule has 0 atom stereocenters. The zero-order chi connectivity index (χ0) is 19.9. The number of fused-ring (bicyclic) bond motifs is 1. The molecule has 1 aliphatic rings. The molecule has 1 aliphatic heterocycles. The lowest BCUT2D eigenvalue weighted by Gasteiger charge is -2.16. The molecule has 2 aromatic rings. The van der Waals surface area contributed by atoms with Crippen LogP contribution in [0.15, 0.2) is 35.2 Å². The van der Waals surface area contributed by atoms with Crippen molar-refractivity contribution in [2.24, 2.45) is 0 Å². The molecule has 8 nitrogen and oxygen atoms in total. The van der Waals surface area contributed by atoms with Crippen LogP contribution in [0.25, 0.3) is 0 Å². The van der Waals surface area contributed by atoms with Gasteiger partial charge >= 0.3 is 0 Å². The quantitative estimate of drug-likeness (QED) is 0.550. The standard InChI is InChI=1S/C17H14ClNO7S/c1-24-12-7-10-11(8-13(12)25-2)17(21)19(16(10)20)9-4-5-15(27(18,22)23)14(6-9)26-3/h4-8H,1-3H3. The van der Waals surface area contributed by atoms with Crippen LogP contribution < -0.4 is 19.1 Å². The van der Waals surface area contributed by atoms with E-state index in [1.54, 1.807) is 0 Å². The lowest BCUT2D eigenvalue weighted by atomic mass is 10.1. The molecule has 1 heterocycles. The lowest BCUT2D eigenvalue weighted by Crippen LogP contribution is -2.29. The van der Waals surface area contributed by atoms with E-state index in [0.29, 0.717) is 11.5 Å². The smallest absolute Gasteiger partial charge is 0.266 e. The molecule has 0 spiro atoms. The van der Waals surface area contributed by atoms with Gasteiger partial charge in [0.2, 0.25) is 0 Å². The maximum absolute atomic E-state index is 12.8. The number of carbonyl (C=O) groups is 2. The predicted molar refractivity (Wildman–Crippen MR) is 96.7 cm³/mol. The second-order valence-electron chi connectivity index (χ2n) is 5.47. The minimum Gasteiger partial charge on any atom is -0.495 e. The van der Waals surface area contributed by atoms with E-state index in [2.05, 4.69) is 0 Å². The second kappa shape index (κ2) is 6.75. The first-order valence-electron chi connectivity index (χ1n) is 7.50. The Bertz CT molecular complexity index is 1020. The van der Waals surface area contributed by atoms with Gasteiger partial charge in [-0.15, -0.1) is 0 Å². The first kappa shape index (κ1) is 19.0. The molecule has 0 aliphatic carbocycles. The third-order valence-electron chi connectivity index (χ3n) is 4.06. The molecule has 0 saturated carbocycles. The number of halogens is 1. The van der Waals surface area contributed by atoms with Gasteiger partial charge in [-0.2, -0.15) is 0 Å². The van der Waals surface area contributed by atoms with E-state index in [-0.39, 0.29) is 27.5 Å². The van der Waals surface area contributed by atoms with E-state index >= 15 is 0 Å². The van der Waals surface area contributed by atoms with Gasteiger partial charge in [0.05, 0.1) is 38.1 Å². The molecule has 0 N–H and O–H groups in total. The molecule has 0 radical (unpaired) electrons. The van der Waals surface area contributed by atoms with Gasteiger partial charge in [-0.3, -0.25) is 9.59 Å². The highest BCUT2D eigenvalue weighted by molar-refractivity contribution is 8.13. The van der Waals surface area contributed by atoms with E-state index in [1.165, 1.54) is 51.7 Å². The number of amides is 2. The summed E-state index contributed by atoms with van der Waals surface area (Å²) in [6, 6.07) is 6.56. The lowest BCUT2D eigenvalue weighted by molar-refractivity contribution is 0.0926. The molecule has 0 saturated heterocycles. The molecule has 3 rings (SSSR count). The van der Waals surface area contributed by atoms with Crippen LogP contribution in [0.5, 0.6) is 17.2 Å². The van der Waals surface area contributed by atoms with Crippen molar-refractivity contribution in [1.82, 2.24) is 0 Å². The number of imide groups is 1. The van der Waals surface area contributed by atoms with Gasteiger partial charge < -0.3 is 14.2 Å². The molecule has 2 aromatic carbocycles. The number of benzene rings is 2. The van der Waals surface area contributed by atoms with Crippen molar-refractivity contribution in [3.05, 3.63) is 41.5 Å². The van der Waals surface area contributed by atoms with Crippen molar-refractivity contribution < 1.29 is 32.2 Å². The average molecular weight is 412 g/mol. The van der Waals surface area contributed by atoms with Gasteiger partial charge in [0, 0.05) is 16.7 Å². The van der Waals surface area contributed by atoms with Crippen molar-refractivity contribution in [2.45, 2.75) is 4.90 Å². The van der Waals surface area contributed by atoms with E-state index in [0.717, 1.165) is 4.90 Å². The molecular weight excluding hydrogens is 398 g/mol. The van der Waals surface area contributed by atoms with Crippen LogP contribution in [0.4, 0.5) is 5.69 Å². The van der Waals surface area contributed by atoms with Gasteiger partial charge in [0.25, 0.3) is 20.9 Å². The van der Waals surface area contributed by atoms with E-state index in [1.807, 2.05) is 0 Å². The number of hydrogen-bond acceptors (Lipinski definition) is 7. The largest absolute Gasteiger partial charge is 0.495 e. The predicted octanol–water partition coefficient (Wildman–Crippen LogP) is 2.44. The van der Waals surface area contributed by atoms with Gasteiger partial charge in [0.1, 0.15) is 10.6 Å². The van der Waals surface area contributed by atoms with Crippen molar-refractivity contribution >= 4 is 37.2 Å². The van der Waals surface area contributed by atoms with Crippen molar-refractivity contribution in [2.75, 3.05) is 26.2 Å². The summed E-state index contributed by atoms with van der Waals surface area (Å²) in [6.45, 7) is 0. The second-order valence-corrected chi connectivity index (χ2v) is 8.01. The van der Waals surface area contributed by atoms with E-state index < -0.39 is 20.9 Å². The van der Waals surface area contributed by atoms with Gasteiger partial charge in [-0.1, -0.05) is 0 Å². The summed E-state index contributed by atoms with van der Waals surface area (Å²) in [4.78, 5) is 26.2. The van der Waals surface area contributed by atoms with Gasteiger partial charge in [-0.25, -0.2) is 13.3 Å². The summed E-state index contributed by atoms with van der Waals surface area (Å²) in [7, 11) is 5.39. The molecule has 0 fully saturated rings. The molecule has 0 aromatic heterocycles. The third-order valence-corrected chi connectivity index (χ3v) is 5.42. The highest BCUT2D eigenvalue weighted by Gasteiger charge is 2.38. The Kier molecular flexibility index (Phi) is 4.75. The summed E-state index contributed by atoms with van der Waals surface area (Å²) in [5.74, 6) is -0.644. The molecule has 142 valence electrons. The SMILES string of the molecule is COc1cc2c(cc1OC)C(=O)N(c1ccc(S(=O)(=O)Cl)c(OC)c1)C2=O. The number of hydrogen-bond donors (Lipinski definition) is 0. The van der Waals surface area contributed by atoms with E-state index in [9.17, 15) is 18.0 Å². The minimum atomic E-state index is -4.06. The van der Waals surface area contributed by atoms with Gasteiger partial charge in [0.15, 0.2) is 11.5 Å². The molecule has 10 heteroatoms. The number of methoxy groups -OCH3 is 3. The van der Waals surface area contributed by atoms with Crippen LogP contribution in [-0.2, 0) is 9.05 Å². The van der Waals surface area contributed by atoms with Crippen LogP contribution in [0, 0.1) is 0 Å². The third kappa shape index (κ3) is 3.08. The Morgan fingerprint density at radius 3 is 1.70 bits per heavy atom. The number of ether oxygens (including phenoxy) is 3. The maximum atomic E-state index is 12.8. The Labute approximate surface area is 159 Å². The highest BCUT2D eigenvalue weighted by Crippen LogP contribution is 2.38. The Morgan fingerprint density at radius 1 is 0.815 bits per heavy atom. The first-order valence-corrected chi connectivity index (χ1v) is 9.81. The van der Waals surface area contributed by atoms with Crippen molar-refractivity contribution in [3.63, 3.8) is 0 Å². The number of anilines is 1. The van der Waals surface area contributed by atoms with Crippen molar-refractivity contribution in [3.8, 4) is 17.2 Å². The fraction of sp³-hybridized carbons (Fsp3) is 0.176. The number of carbonyl (C=O) groups excluding carboxylic acids is 2. The summed E-state index contributed by atoms with van der Waals surface area (Å²) in [6.07, 6.45) is 0. The topological polar surface area (TPSA) is 99.2 Å². The summed E-state index contributed by atoms with van der Waals surface area (Å²) < 4.78 is 38.6. The van der Waals surface area contributed by atoms with E-state index in [4.69, 9.17) is 24.9 Å². The Morgan fingerprint density at radius 2 is 1.30 bits per heavy atom. The maximum Gasteiger partial charge on any atom is 0.266 e. The normalized spacial score (nSPS) is 13.6. The number of nitrogens with zero attached hydrogens (tertiary/aromatic N) is 1. The molecular formula is C17H14ClNO7S. The molecule has 2 amide bonds. The fourth-order valence-corrected chi connectivity index (χ4v) is 3.79. The van der Waals surface area contributed by atoms with Crippen molar-refractivity contribution in [1.29, 1.82) is 0 Å². The summed E-state index contributed by atoms with van der Waals surface area (Å²) in [5, 5.41) is 0. The first-order chi connectivity index (χ1) is 12.7. The van der Waals surface area contributed by atoms with Crippen LogP contribution >= 0.6 is 10.7 Å².